The maximum absolute atomic E-state index is 5.64. The Bertz CT molecular complexity index is 436. The van der Waals surface area contributed by atoms with Crippen LogP contribution in [0, 0.1) is 5.92 Å². The van der Waals surface area contributed by atoms with Gasteiger partial charge in [-0.2, -0.15) is 0 Å². The lowest BCUT2D eigenvalue weighted by Gasteiger charge is -2.34. The molecule has 0 aliphatic carbocycles. The summed E-state index contributed by atoms with van der Waals surface area (Å²) in [5, 5.41) is 3.54. The van der Waals surface area contributed by atoms with Crippen molar-refractivity contribution in [3.8, 4) is 0 Å². The maximum atomic E-state index is 5.64. The highest BCUT2D eigenvalue weighted by atomic mass is 79.9. The second-order valence-corrected chi connectivity index (χ2v) is 6.84. The molecule has 3 nitrogen and oxygen atoms in total. The number of anilines is 1. The molecule has 2 rings (SSSR count). The molecule has 112 valence electrons. The maximum Gasteiger partial charge on any atom is 0.0722 e. The van der Waals surface area contributed by atoms with Gasteiger partial charge < -0.3 is 15.0 Å². The van der Waals surface area contributed by atoms with Crippen molar-refractivity contribution in [2.24, 2.45) is 5.92 Å². The molecule has 1 aromatic rings. The minimum atomic E-state index is 0.309. The van der Waals surface area contributed by atoms with E-state index in [0.29, 0.717) is 12.0 Å². The molecular formula is C16H25BrN2O. The summed E-state index contributed by atoms with van der Waals surface area (Å²) in [4.78, 5) is 2.44. The summed E-state index contributed by atoms with van der Waals surface area (Å²) in [5.74, 6) is 0.675. The number of hydrogen-bond donors (Lipinski definition) is 1. The van der Waals surface area contributed by atoms with Gasteiger partial charge in [-0.05, 0) is 43.1 Å². The number of nitrogens with one attached hydrogen (secondary N) is 1. The van der Waals surface area contributed by atoms with Gasteiger partial charge >= 0.3 is 0 Å². The molecule has 4 heteroatoms. The lowest BCUT2D eigenvalue weighted by Crippen LogP contribution is -2.41. The van der Waals surface area contributed by atoms with Gasteiger partial charge in [-0.15, -0.1) is 0 Å². The molecule has 0 radical (unpaired) electrons. The summed E-state index contributed by atoms with van der Waals surface area (Å²) in [7, 11) is 0. The number of benzene rings is 1. The van der Waals surface area contributed by atoms with E-state index in [1.54, 1.807) is 0 Å². The number of morpholine rings is 1. The lowest BCUT2D eigenvalue weighted by molar-refractivity contribution is 0.0531. The Labute approximate surface area is 130 Å². The van der Waals surface area contributed by atoms with Crippen LogP contribution in [-0.4, -0.2) is 32.3 Å². The number of nitrogens with zero attached hydrogens (tertiary/aromatic N) is 1. The van der Waals surface area contributed by atoms with Crippen LogP contribution in [0.5, 0.6) is 0 Å². The zero-order valence-electron chi connectivity index (χ0n) is 12.7. The fourth-order valence-electron chi connectivity index (χ4n) is 2.54. The molecule has 0 saturated carbocycles. The Morgan fingerprint density at radius 2 is 2.25 bits per heavy atom. The predicted octanol–water partition coefficient (Wildman–Crippen LogP) is 3.42. The molecule has 1 atom stereocenters. The van der Waals surface area contributed by atoms with Gasteiger partial charge in [-0.25, -0.2) is 0 Å². The molecule has 20 heavy (non-hydrogen) atoms. The minimum absolute atomic E-state index is 0.309. The number of hydrogen-bond acceptors (Lipinski definition) is 3. The summed E-state index contributed by atoms with van der Waals surface area (Å²) >= 11 is 3.58. The third-order valence-corrected chi connectivity index (χ3v) is 3.98. The average molecular weight is 341 g/mol. The molecule has 0 amide bonds. The third-order valence-electron chi connectivity index (χ3n) is 3.49. The van der Waals surface area contributed by atoms with Gasteiger partial charge in [-0.1, -0.05) is 29.8 Å². The van der Waals surface area contributed by atoms with Gasteiger partial charge in [0.05, 0.1) is 12.7 Å². The summed E-state index contributed by atoms with van der Waals surface area (Å²) in [5.41, 5.74) is 2.69. The van der Waals surface area contributed by atoms with E-state index in [4.69, 9.17) is 4.74 Å². The van der Waals surface area contributed by atoms with E-state index in [-0.39, 0.29) is 0 Å². The van der Waals surface area contributed by atoms with Crippen molar-refractivity contribution in [2.75, 3.05) is 31.1 Å². The van der Waals surface area contributed by atoms with Crippen LogP contribution in [0.1, 0.15) is 26.3 Å². The van der Waals surface area contributed by atoms with E-state index in [0.717, 1.165) is 37.3 Å². The van der Waals surface area contributed by atoms with Crippen LogP contribution in [0.25, 0.3) is 0 Å². The van der Waals surface area contributed by atoms with Crippen LogP contribution < -0.4 is 10.2 Å². The highest BCUT2D eigenvalue weighted by Crippen LogP contribution is 2.26. The Kier molecular flexibility index (Phi) is 5.87. The molecule has 1 aliphatic rings. The smallest absolute Gasteiger partial charge is 0.0722 e. The highest BCUT2D eigenvalue weighted by Gasteiger charge is 2.19. The minimum Gasteiger partial charge on any atom is -0.375 e. The number of halogens is 1. The molecule has 1 saturated heterocycles. The van der Waals surface area contributed by atoms with Gasteiger partial charge in [0.2, 0.25) is 0 Å². The standard InChI is InChI=1S/C16H25BrN2O/c1-12(2)9-18-10-14-8-15(17)4-5-16(14)19-6-7-20-13(3)11-19/h4-5,8,12-13,18H,6-7,9-11H2,1-3H3. The normalized spacial score (nSPS) is 19.6. The van der Waals surface area contributed by atoms with Crippen molar-refractivity contribution in [1.82, 2.24) is 5.32 Å². The molecule has 1 N–H and O–H groups in total. The fraction of sp³-hybridized carbons (Fsp3) is 0.625. The van der Waals surface area contributed by atoms with Gasteiger partial charge in [0.15, 0.2) is 0 Å². The second kappa shape index (κ2) is 7.43. The lowest BCUT2D eigenvalue weighted by atomic mass is 10.1. The SMILES string of the molecule is CC(C)CNCc1cc(Br)ccc1N1CCOC(C)C1. The zero-order valence-corrected chi connectivity index (χ0v) is 14.2. The topological polar surface area (TPSA) is 24.5 Å². The molecule has 1 heterocycles. The first-order chi connectivity index (χ1) is 9.56. The summed E-state index contributed by atoms with van der Waals surface area (Å²) in [6, 6.07) is 6.57. The summed E-state index contributed by atoms with van der Waals surface area (Å²) < 4.78 is 6.78. The van der Waals surface area contributed by atoms with Crippen LogP contribution in [0.3, 0.4) is 0 Å². The summed E-state index contributed by atoms with van der Waals surface area (Å²) in [6.07, 6.45) is 0.309. The van der Waals surface area contributed by atoms with Crippen molar-refractivity contribution < 1.29 is 4.74 Å². The highest BCUT2D eigenvalue weighted by molar-refractivity contribution is 9.10. The van der Waals surface area contributed by atoms with Crippen LogP contribution in [-0.2, 0) is 11.3 Å². The van der Waals surface area contributed by atoms with Crippen molar-refractivity contribution in [2.45, 2.75) is 33.4 Å². The first-order valence-corrected chi connectivity index (χ1v) is 8.21. The van der Waals surface area contributed by atoms with Crippen molar-refractivity contribution >= 4 is 21.6 Å². The first-order valence-electron chi connectivity index (χ1n) is 7.42. The van der Waals surface area contributed by atoms with E-state index in [1.807, 2.05) is 0 Å². The molecule has 0 aromatic heterocycles. The molecule has 1 aromatic carbocycles. The van der Waals surface area contributed by atoms with Gasteiger partial charge in [0, 0.05) is 29.8 Å². The Balaban J connectivity index is 2.10. The van der Waals surface area contributed by atoms with Crippen LogP contribution in [0.2, 0.25) is 0 Å². The molecule has 1 aliphatic heterocycles. The van der Waals surface area contributed by atoms with Crippen molar-refractivity contribution in [3.05, 3.63) is 28.2 Å². The van der Waals surface area contributed by atoms with E-state index >= 15 is 0 Å². The van der Waals surface area contributed by atoms with Crippen molar-refractivity contribution in [1.29, 1.82) is 0 Å². The first kappa shape index (κ1) is 15.8. The quantitative estimate of drug-likeness (QED) is 0.888. The number of rotatable bonds is 5. The van der Waals surface area contributed by atoms with Crippen LogP contribution in [0.4, 0.5) is 5.69 Å². The van der Waals surface area contributed by atoms with Gasteiger partial charge in [0.1, 0.15) is 0 Å². The third kappa shape index (κ3) is 4.47. The zero-order chi connectivity index (χ0) is 14.5. The van der Waals surface area contributed by atoms with Crippen LogP contribution >= 0.6 is 15.9 Å². The molecule has 1 fully saturated rings. The molecular weight excluding hydrogens is 316 g/mol. The van der Waals surface area contributed by atoms with Gasteiger partial charge in [-0.3, -0.25) is 0 Å². The largest absolute Gasteiger partial charge is 0.375 e. The van der Waals surface area contributed by atoms with Gasteiger partial charge in [0.25, 0.3) is 0 Å². The van der Waals surface area contributed by atoms with Crippen LogP contribution in [0.15, 0.2) is 22.7 Å². The Hall–Kier alpha value is -0.580. The van der Waals surface area contributed by atoms with E-state index in [2.05, 4.69) is 65.1 Å². The van der Waals surface area contributed by atoms with Crippen molar-refractivity contribution in [3.63, 3.8) is 0 Å². The van der Waals surface area contributed by atoms with E-state index in [1.165, 1.54) is 11.3 Å². The molecule has 0 spiro atoms. The monoisotopic (exact) mass is 340 g/mol. The average Bonchev–Trinajstić information content (AvgIpc) is 2.38. The second-order valence-electron chi connectivity index (χ2n) is 5.93. The Morgan fingerprint density at radius 3 is 2.95 bits per heavy atom. The molecule has 1 unspecified atom stereocenters. The number of ether oxygens (including phenoxy) is 1. The molecule has 0 bridgehead atoms. The van der Waals surface area contributed by atoms with E-state index in [9.17, 15) is 0 Å². The fourth-order valence-corrected chi connectivity index (χ4v) is 2.95. The Morgan fingerprint density at radius 1 is 1.45 bits per heavy atom. The summed E-state index contributed by atoms with van der Waals surface area (Å²) in [6.45, 7) is 11.3. The van der Waals surface area contributed by atoms with E-state index < -0.39 is 0 Å². The predicted molar refractivity (Wildman–Crippen MR) is 88.3 cm³/mol.